The van der Waals surface area contributed by atoms with Crippen molar-refractivity contribution in [1.82, 2.24) is 18.9 Å². The Morgan fingerprint density at radius 1 is 1.32 bits per heavy atom. The van der Waals surface area contributed by atoms with Crippen LogP contribution in [0.4, 0.5) is 14.5 Å². The molecule has 1 saturated heterocycles. The molecule has 12 heteroatoms. The molecule has 0 spiro atoms. The first kappa shape index (κ1) is 21.1. The third-order valence-corrected chi connectivity index (χ3v) is 6.60. The summed E-state index contributed by atoms with van der Waals surface area (Å²) in [5.74, 6) is -1.99. The lowest BCUT2D eigenvalue weighted by atomic mass is 10.0. The van der Waals surface area contributed by atoms with E-state index in [9.17, 15) is 22.0 Å². The van der Waals surface area contributed by atoms with Gasteiger partial charge in [-0.3, -0.25) is 9.18 Å². The number of nitrogens with one attached hydrogen (secondary N) is 1. The van der Waals surface area contributed by atoms with E-state index in [4.69, 9.17) is 5.73 Å². The van der Waals surface area contributed by atoms with Crippen molar-refractivity contribution in [2.45, 2.75) is 6.04 Å². The number of rotatable bonds is 6. The Kier molecular flexibility index (Phi) is 5.35. The molecule has 0 radical (unpaired) electrons. The predicted molar refractivity (Wildman–Crippen MR) is 110 cm³/mol. The third-order valence-electron chi connectivity index (χ3n) is 5.37. The Balaban J connectivity index is 1.78. The van der Waals surface area contributed by atoms with Crippen LogP contribution in [0.5, 0.6) is 0 Å². The number of anilines is 1. The highest BCUT2D eigenvalue weighted by molar-refractivity contribution is 7.88. The van der Waals surface area contributed by atoms with Gasteiger partial charge in [0.2, 0.25) is 16.0 Å². The Morgan fingerprint density at radius 3 is 2.74 bits per heavy atom. The molecule has 1 aliphatic rings. The SMILES string of the molecule is CS(=O)(=O)N1C[C@@H](CF)[C@H](Nc2c(C(N)=O)cnn3cc(-c4ccnc(F)c4)cc23)C1. The van der Waals surface area contributed by atoms with E-state index < -0.39 is 40.5 Å². The van der Waals surface area contributed by atoms with Gasteiger partial charge in [0.1, 0.15) is 0 Å². The second-order valence-corrected chi connectivity index (χ2v) is 9.45. The normalized spacial score (nSPS) is 19.7. The number of hydrogen-bond donors (Lipinski definition) is 2. The molecule has 3 aromatic heterocycles. The number of carbonyl (C=O) groups is 1. The third kappa shape index (κ3) is 4.08. The van der Waals surface area contributed by atoms with Gasteiger partial charge in [0, 0.05) is 49.1 Å². The van der Waals surface area contributed by atoms with E-state index in [1.54, 1.807) is 18.3 Å². The number of sulfonamides is 1. The van der Waals surface area contributed by atoms with Gasteiger partial charge in [-0.1, -0.05) is 0 Å². The van der Waals surface area contributed by atoms with Crippen LogP contribution in [0.15, 0.2) is 36.8 Å². The van der Waals surface area contributed by atoms with E-state index >= 15 is 0 Å². The number of carbonyl (C=O) groups excluding carboxylic acids is 1. The zero-order valence-corrected chi connectivity index (χ0v) is 17.3. The molecule has 2 atom stereocenters. The molecule has 0 saturated carbocycles. The van der Waals surface area contributed by atoms with Crippen molar-refractivity contribution < 1.29 is 22.0 Å². The zero-order valence-electron chi connectivity index (χ0n) is 16.5. The number of primary amides is 1. The number of aromatic nitrogens is 3. The summed E-state index contributed by atoms with van der Waals surface area (Å²) >= 11 is 0. The molecule has 3 aromatic rings. The molecular formula is C19H20F2N6O3S. The molecule has 4 heterocycles. The minimum absolute atomic E-state index is 0.0306. The first-order chi connectivity index (χ1) is 14.7. The van der Waals surface area contributed by atoms with Crippen LogP contribution in [-0.2, 0) is 10.0 Å². The number of nitrogens with zero attached hydrogens (tertiary/aromatic N) is 4. The van der Waals surface area contributed by atoms with Gasteiger partial charge < -0.3 is 11.1 Å². The van der Waals surface area contributed by atoms with Gasteiger partial charge >= 0.3 is 0 Å². The molecule has 4 rings (SSSR count). The van der Waals surface area contributed by atoms with Gasteiger partial charge in [0.25, 0.3) is 5.91 Å². The molecule has 1 aliphatic heterocycles. The fourth-order valence-corrected chi connectivity index (χ4v) is 4.64. The second kappa shape index (κ2) is 7.85. The maximum Gasteiger partial charge on any atom is 0.252 e. The Hall–Kier alpha value is -3.12. The molecule has 0 aromatic carbocycles. The molecule has 164 valence electrons. The highest BCUT2D eigenvalue weighted by atomic mass is 32.2. The Labute approximate surface area is 176 Å². The van der Waals surface area contributed by atoms with Crippen molar-refractivity contribution in [2.24, 2.45) is 11.7 Å². The minimum atomic E-state index is -3.50. The van der Waals surface area contributed by atoms with E-state index in [1.807, 2.05) is 0 Å². The summed E-state index contributed by atoms with van der Waals surface area (Å²) in [6, 6.07) is 3.99. The van der Waals surface area contributed by atoms with Crippen molar-refractivity contribution >= 4 is 27.1 Å². The average molecular weight is 450 g/mol. The standard InChI is InChI=1S/C19H20F2N6O3S/c1-31(29,30)26-8-13(6-20)15(10-26)25-18-14(19(22)28)7-24-27-9-12(4-16(18)27)11-2-3-23-17(21)5-11/h2-5,7,9,13,15,25H,6,8,10H2,1H3,(H2,22,28)/t13-,15-/m1/s1. The molecule has 9 nitrogen and oxygen atoms in total. The number of alkyl halides is 1. The maximum atomic E-state index is 13.6. The van der Waals surface area contributed by atoms with Crippen LogP contribution in [0.3, 0.4) is 0 Å². The summed E-state index contributed by atoms with van der Waals surface area (Å²) < 4.78 is 53.7. The van der Waals surface area contributed by atoms with E-state index in [0.717, 1.165) is 6.26 Å². The number of pyridine rings is 1. The summed E-state index contributed by atoms with van der Waals surface area (Å²) in [4.78, 5) is 15.6. The van der Waals surface area contributed by atoms with Crippen LogP contribution in [0.25, 0.3) is 16.6 Å². The quantitative estimate of drug-likeness (QED) is 0.546. The minimum Gasteiger partial charge on any atom is -0.378 e. The molecule has 31 heavy (non-hydrogen) atoms. The zero-order chi connectivity index (χ0) is 22.3. The van der Waals surface area contributed by atoms with Crippen LogP contribution in [-0.4, -0.2) is 65.3 Å². The van der Waals surface area contributed by atoms with E-state index in [-0.39, 0.29) is 18.7 Å². The van der Waals surface area contributed by atoms with E-state index in [0.29, 0.717) is 22.3 Å². The lowest BCUT2D eigenvalue weighted by Gasteiger charge is -2.21. The highest BCUT2D eigenvalue weighted by Crippen LogP contribution is 2.31. The fraction of sp³-hybridized carbons (Fsp3) is 0.316. The van der Waals surface area contributed by atoms with Gasteiger partial charge in [-0.2, -0.15) is 13.8 Å². The van der Waals surface area contributed by atoms with Crippen LogP contribution >= 0.6 is 0 Å². The number of halogens is 2. The summed E-state index contributed by atoms with van der Waals surface area (Å²) in [5.41, 5.74) is 7.52. The lowest BCUT2D eigenvalue weighted by Crippen LogP contribution is -2.32. The summed E-state index contributed by atoms with van der Waals surface area (Å²) in [6.07, 6.45) is 5.32. The van der Waals surface area contributed by atoms with Gasteiger partial charge in [-0.05, 0) is 17.7 Å². The summed E-state index contributed by atoms with van der Waals surface area (Å²) in [7, 11) is -3.50. The van der Waals surface area contributed by atoms with Crippen molar-refractivity contribution in [3.8, 4) is 11.1 Å². The first-order valence-corrected chi connectivity index (χ1v) is 11.2. The largest absolute Gasteiger partial charge is 0.378 e. The fourth-order valence-electron chi connectivity index (χ4n) is 3.74. The smallest absolute Gasteiger partial charge is 0.252 e. The molecule has 0 bridgehead atoms. The Bertz CT molecular complexity index is 1260. The number of fused-ring (bicyclic) bond motifs is 1. The summed E-state index contributed by atoms with van der Waals surface area (Å²) in [5, 5.41) is 7.30. The molecule has 0 unspecified atom stereocenters. The average Bonchev–Trinajstić information content (AvgIpc) is 3.32. The van der Waals surface area contributed by atoms with Crippen LogP contribution < -0.4 is 11.1 Å². The molecule has 0 aliphatic carbocycles. The maximum absolute atomic E-state index is 13.6. The molecule has 1 amide bonds. The topological polar surface area (TPSA) is 123 Å². The highest BCUT2D eigenvalue weighted by Gasteiger charge is 2.37. The van der Waals surface area contributed by atoms with Crippen molar-refractivity contribution in [2.75, 3.05) is 31.3 Å². The molecule has 3 N–H and O–H groups in total. The number of amides is 1. The molecule has 1 fully saturated rings. The number of nitrogens with two attached hydrogens (primary N) is 1. The first-order valence-electron chi connectivity index (χ1n) is 9.38. The van der Waals surface area contributed by atoms with Crippen molar-refractivity contribution in [1.29, 1.82) is 0 Å². The van der Waals surface area contributed by atoms with Crippen LogP contribution in [0.1, 0.15) is 10.4 Å². The van der Waals surface area contributed by atoms with Gasteiger partial charge in [-0.25, -0.2) is 17.9 Å². The van der Waals surface area contributed by atoms with Crippen LogP contribution in [0, 0.1) is 11.9 Å². The van der Waals surface area contributed by atoms with Crippen LogP contribution in [0.2, 0.25) is 0 Å². The monoisotopic (exact) mass is 450 g/mol. The molecular weight excluding hydrogens is 430 g/mol. The van der Waals surface area contributed by atoms with E-state index in [1.165, 1.54) is 27.3 Å². The van der Waals surface area contributed by atoms with Gasteiger partial charge in [0.15, 0.2) is 0 Å². The van der Waals surface area contributed by atoms with Gasteiger partial charge in [0.05, 0.1) is 35.9 Å². The van der Waals surface area contributed by atoms with Gasteiger partial charge in [-0.15, -0.1) is 0 Å². The lowest BCUT2D eigenvalue weighted by molar-refractivity contribution is 0.100. The predicted octanol–water partition coefficient (Wildman–Crippen LogP) is 1.28. The Morgan fingerprint density at radius 2 is 2.10 bits per heavy atom. The van der Waals surface area contributed by atoms with E-state index in [2.05, 4.69) is 15.4 Å². The second-order valence-electron chi connectivity index (χ2n) is 7.47. The van der Waals surface area contributed by atoms with Crippen molar-refractivity contribution in [3.05, 3.63) is 48.3 Å². The summed E-state index contributed by atoms with van der Waals surface area (Å²) in [6.45, 7) is -0.661. The number of hydrogen-bond acceptors (Lipinski definition) is 6. The van der Waals surface area contributed by atoms with Crippen molar-refractivity contribution in [3.63, 3.8) is 0 Å².